The van der Waals surface area contributed by atoms with Gasteiger partial charge in [-0.05, 0) is 42.7 Å². The molecule has 0 unspecified atom stereocenters. The Hall–Kier alpha value is -2.23. The lowest BCUT2D eigenvalue weighted by molar-refractivity contribution is 0.0974. The van der Waals surface area contributed by atoms with E-state index in [0.717, 1.165) is 17.4 Å². The number of Topliss-reactive ketones (excluding diaryl/α,β-unsaturated/α-hetero) is 1. The van der Waals surface area contributed by atoms with Crippen molar-refractivity contribution in [3.8, 4) is 5.75 Å². The van der Waals surface area contributed by atoms with Crippen molar-refractivity contribution in [2.45, 2.75) is 19.8 Å². The summed E-state index contributed by atoms with van der Waals surface area (Å²) in [6.07, 6.45) is 0.485. The molecule has 0 saturated carbocycles. The molecule has 21 heavy (non-hydrogen) atoms. The number of hydrogen-bond donors (Lipinski definition) is 0. The zero-order valence-corrected chi connectivity index (χ0v) is 12.0. The van der Waals surface area contributed by atoms with Gasteiger partial charge in [-0.2, -0.15) is 0 Å². The Morgan fingerprint density at radius 2 is 1.76 bits per heavy atom. The molecule has 0 aliphatic rings. The minimum Gasteiger partial charge on any atom is -0.497 e. The molecule has 0 atom stereocenters. The number of carbonyl (C=O) groups is 1. The summed E-state index contributed by atoms with van der Waals surface area (Å²) in [5.74, 6) is -1.38. The van der Waals surface area contributed by atoms with Crippen molar-refractivity contribution >= 4 is 5.78 Å². The molecular formula is C17H16F2O2. The minimum atomic E-state index is -0.808. The van der Waals surface area contributed by atoms with E-state index in [1.165, 1.54) is 13.0 Å². The van der Waals surface area contributed by atoms with Gasteiger partial charge in [-0.15, -0.1) is 0 Å². The quantitative estimate of drug-likeness (QED) is 0.775. The van der Waals surface area contributed by atoms with E-state index in [1.807, 2.05) is 12.1 Å². The van der Waals surface area contributed by atoms with Crippen LogP contribution in [-0.2, 0) is 6.42 Å². The normalized spacial score (nSPS) is 10.5. The second-order valence-electron chi connectivity index (χ2n) is 4.82. The number of halogens is 2. The van der Waals surface area contributed by atoms with Crippen molar-refractivity contribution in [1.29, 1.82) is 0 Å². The van der Waals surface area contributed by atoms with Crippen LogP contribution in [0.3, 0.4) is 0 Å². The fourth-order valence-electron chi connectivity index (χ4n) is 2.09. The standard InChI is InChI=1S/C17H16F2O2/c1-11-3-9-14(18)16(17(11)19)15(20)10-6-12-4-7-13(21-2)8-5-12/h3-5,7-9H,6,10H2,1-2H3. The van der Waals surface area contributed by atoms with Crippen LogP contribution < -0.4 is 4.74 Å². The van der Waals surface area contributed by atoms with Gasteiger partial charge in [-0.25, -0.2) is 8.78 Å². The molecule has 2 aromatic rings. The lowest BCUT2D eigenvalue weighted by Crippen LogP contribution is -2.08. The van der Waals surface area contributed by atoms with E-state index in [2.05, 4.69) is 0 Å². The molecule has 2 aromatic carbocycles. The summed E-state index contributed by atoms with van der Waals surface area (Å²) in [4.78, 5) is 12.0. The van der Waals surface area contributed by atoms with Gasteiger partial charge in [0.05, 0.1) is 12.7 Å². The molecule has 0 bridgehead atoms. The second-order valence-corrected chi connectivity index (χ2v) is 4.82. The maximum absolute atomic E-state index is 13.9. The molecule has 0 saturated heterocycles. The van der Waals surface area contributed by atoms with E-state index < -0.39 is 23.0 Å². The van der Waals surface area contributed by atoms with Gasteiger partial charge in [0.25, 0.3) is 0 Å². The third-order valence-corrected chi connectivity index (χ3v) is 3.36. The van der Waals surface area contributed by atoms with Crippen LogP contribution in [0, 0.1) is 18.6 Å². The molecule has 110 valence electrons. The Kier molecular flexibility index (Phi) is 4.68. The van der Waals surface area contributed by atoms with Gasteiger partial charge in [0.1, 0.15) is 17.4 Å². The Morgan fingerprint density at radius 1 is 1.10 bits per heavy atom. The summed E-state index contributed by atoms with van der Waals surface area (Å²) in [5.41, 5.74) is 0.741. The molecule has 0 aliphatic carbocycles. The Balaban J connectivity index is 2.10. The molecule has 2 nitrogen and oxygen atoms in total. The molecule has 0 N–H and O–H groups in total. The zero-order valence-electron chi connectivity index (χ0n) is 12.0. The fourth-order valence-corrected chi connectivity index (χ4v) is 2.09. The summed E-state index contributed by atoms with van der Waals surface area (Å²) >= 11 is 0. The predicted molar refractivity (Wildman–Crippen MR) is 76.7 cm³/mol. The molecule has 0 radical (unpaired) electrons. The summed E-state index contributed by atoms with van der Waals surface area (Å²) in [7, 11) is 1.57. The summed E-state index contributed by atoms with van der Waals surface area (Å²) in [6.45, 7) is 1.51. The van der Waals surface area contributed by atoms with Crippen molar-refractivity contribution in [2.24, 2.45) is 0 Å². The molecular weight excluding hydrogens is 274 g/mol. The lowest BCUT2D eigenvalue weighted by Gasteiger charge is -2.07. The number of rotatable bonds is 5. The van der Waals surface area contributed by atoms with Crippen LogP contribution in [0.4, 0.5) is 8.78 Å². The number of carbonyl (C=O) groups excluding carboxylic acids is 1. The highest BCUT2D eigenvalue weighted by atomic mass is 19.1. The molecule has 0 aromatic heterocycles. The van der Waals surface area contributed by atoms with Gasteiger partial charge in [0.2, 0.25) is 0 Å². The van der Waals surface area contributed by atoms with Gasteiger partial charge in [0.15, 0.2) is 5.78 Å². The first-order valence-corrected chi connectivity index (χ1v) is 6.63. The number of aryl methyl sites for hydroxylation is 2. The smallest absolute Gasteiger partial charge is 0.169 e. The third kappa shape index (κ3) is 3.45. The first-order chi connectivity index (χ1) is 10.0. The largest absolute Gasteiger partial charge is 0.497 e. The van der Waals surface area contributed by atoms with E-state index in [4.69, 9.17) is 4.74 Å². The maximum atomic E-state index is 13.9. The molecule has 0 amide bonds. The van der Waals surface area contributed by atoms with Crippen LogP contribution in [0.2, 0.25) is 0 Å². The van der Waals surface area contributed by atoms with Crippen molar-refractivity contribution in [1.82, 2.24) is 0 Å². The van der Waals surface area contributed by atoms with Crippen molar-refractivity contribution in [3.05, 3.63) is 64.7 Å². The van der Waals surface area contributed by atoms with Crippen molar-refractivity contribution < 1.29 is 18.3 Å². The van der Waals surface area contributed by atoms with Crippen LogP contribution in [0.15, 0.2) is 36.4 Å². The van der Waals surface area contributed by atoms with E-state index >= 15 is 0 Å². The number of ketones is 1. The molecule has 0 fully saturated rings. The average Bonchev–Trinajstić information content (AvgIpc) is 2.50. The topological polar surface area (TPSA) is 26.3 Å². The van der Waals surface area contributed by atoms with Gasteiger partial charge in [0, 0.05) is 6.42 Å². The first-order valence-electron chi connectivity index (χ1n) is 6.63. The average molecular weight is 290 g/mol. The Morgan fingerprint density at radius 3 is 2.38 bits per heavy atom. The van der Waals surface area contributed by atoms with Crippen LogP contribution >= 0.6 is 0 Å². The van der Waals surface area contributed by atoms with Crippen molar-refractivity contribution in [2.75, 3.05) is 7.11 Å². The monoisotopic (exact) mass is 290 g/mol. The fraction of sp³-hybridized carbons (Fsp3) is 0.235. The van der Waals surface area contributed by atoms with Gasteiger partial charge < -0.3 is 4.74 Å². The lowest BCUT2D eigenvalue weighted by atomic mass is 10.00. The SMILES string of the molecule is COc1ccc(CCC(=O)c2c(F)ccc(C)c2F)cc1. The third-order valence-electron chi connectivity index (χ3n) is 3.36. The maximum Gasteiger partial charge on any atom is 0.169 e. The molecule has 2 rings (SSSR count). The predicted octanol–water partition coefficient (Wildman–Crippen LogP) is 4.10. The first kappa shape index (κ1) is 15.2. The molecule has 0 heterocycles. The summed E-state index contributed by atoms with van der Waals surface area (Å²) in [6, 6.07) is 9.68. The van der Waals surface area contributed by atoms with Crippen LogP contribution in [0.25, 0.3) is 0 Å². The van der Waals surface area contributed by atoms with E-state index in [0.29, 0.717) is 6.42 Å². The Bertz CT molecular complexity index is 649. The number of ether oxygens (including phenoxy) is 1. The molecule has 4 heteroatoms. The van der Waals surface area contributed by atoms with Crippen LogP contribution in [0.1, 0.15) is 27.9 Å². The number of methoxy groups -OCH3 is 1. The van der Waals surface area contributed by atoms with Gasteiger partial charge >= 0.3 is 0 Å². The Labute approximate surface area is 122 Å². The summed E-state index contributed by atoms with van der Waals surface area (Å²) < 4.78 is 32.5. The van der Waals surface area contributed by atoms with Gasteiger partial charge in [-0.1, -0.05) is 18.2 Å². The minimum absolute atomic E-state index is 0.0591. The van der Waals surface area contributed by atoms with E-state index in [-0.39, 0.29) is 12.0 Å². The highest BCUT2D eigenvalue weighted by molar-refractivity contribution is 5.96. The highest BCUT2D eigenvalue weighted by Crippen LogP contribution is 2.19. The second kappa shape index (κ2) is 6.48. The summed E-state index contributed by atoms with van der Waals surface area (Å²) in [5, 5.41) is 0. The van der Waals surface area contributed by atoms with Crippen molar-refractivity contribution in [3.63, 3.8) is 0 Å². The molecule has 0 aliphatic heterocycles. The number of benzene rings is 2. The van der Waals surface area contributed by atoms with Crippen LogP contribution in [0.5, 0.6) is 5.75 Å². The molecule has 0 spiro atoms. The number of hydrogen-bond acceptors (Lipinski definition) is 2. The highest BCUT2D eigenvalue weighted by Gasteiger charge is 2.18. The van der Waals surface area contributed by atoms with E-state index in [9.17, 15) is 13.6 Å². The van der Waals surface area contributed by atoms with Crippen LogP contribution in [-0.4, -0.2) is 12.9 Å². The van der Waals surface area contributed by atoms with Gasteiger partial charge in [-0.3, -0.25) is 4.79 Å². The van der Waals surface area contributed by atoms with E-state index in [1.54, 1.807) is 19.2 Å². The zero-order chi connectivity index (χ0) is 15.4.